The summed E-state index contributed by atoms with van der Waals surface area (Å²) in [6.07, 6.45) is 8.30. The van der Waals surface area contributed by atoms with Crippen LogP contribution < -0.4 is 0 Å². The third-order valence-corrected chi connectivity index (χ3v) is 8.89. The van der Waals surface area contributed by atoms with Crippen LogP contribution in [0.5, 0.6) is 0 Å². The summed E-state index contributed by atoms with van der Waals surface area (Å²) in [6.45, 7) is 11.8. The molecule has 1 atom stereocenters. The van der Waals surface area contributed by atoms with Crippen molar-refractivity contribution in [3.8, 4) is 0 Å². The van der Waals surface area contributed by atoms with Crippen molar-refractivity contribution in [1.82, 2.24) is 0 Å². The van der Waals surface area contributed by atoms with E-state index in [2.05, 4.69) is 44.7 Å². The zero-order valence-corrected chi connectivity index (χ0v) is 25.5. The molecule has 1 heterocycles. The second-order valence-electron chi connectivity index (χ2n) is 11.9. The Morgan fingerprint density at radius 2 is 1.64 bits per heavy atom. The number of ether oxygens (including phenoxy) is 1. The molecule has 5 rings (SSSR count). The van der Waals surface area contributed by atoms with Gasteiger partial charge in [-0.3, -0.25) is 14.4 Å². The normalized spacial score (nSPS) is 16.7. The molecule has 0 aromatic heterocycles. The van der Waals surface area contributed by atoms with E-state index in [1.165, 1.54) is 11.1 Å². The maximum absolute atomic E-state index is 13.3. The summed E-state index contributed by atoms with van der Waals surface area (Å²) in [6, 6.07) is 20.2. The molecule has 0 bridgehead atoms. The van der Waals surface area contributed by atoms with E-state index < -0.39 is 0 Å². The molecule has 4 nitrogen and oxygen atoms in total. The van der Waals surface area contributed by atoms with Crippen molar-refractivity contribution in [3.05, 3.63) is 136 Å². The Kier molecular flexibility index (Phi) is 10.8. The molecule has 0 N–H and O–H groups in total. The van der Waals surface area contributed by atoms with Crippen molar-refractivity contribution in [1.29, 1.82) is 0 Å². The van der Waals surface area contributed by atoms with Crippen molar-refractivity contribution in [2.45, 2.75) is 60.3 Å². The number of rotatable bonds is 10. The van der Waals surface area contributed by atoms with Gasteiger partial charge in [0.25, 0.3) is 0 Å². The fourth-order valence-electron chi connectivity index (χ4n) is 5.99. The summed E-state index contributed by atoms with van der Waals surface area (Å²) >= 11 is 0. The highest BCUT2D eigenvalue weighted by Gasteiger charge is 2.27. The summed E-state index contributed by atoms with van der Waals surface area (Å²) in [4.78, 5) is 39.6. The number of benzene rings is 3. The molecule has 4 heteroatoms. The lowest BCUT2D eigenvalue weighted by Gasteiger charge is -2.21. The van der Waals surface area contributed by atoms with E-state index in [-0.39, 0.29) is 44.5 Å². The number of ketones is 3. The number of aryl methyl sites for hydroxylation is 4. The van der Waals surface area contributed by atoms with E-state index in [9.17, 15) is 14.4 Å². The van der Waals surface area contributed by atoms with Gasteiger partial charge < -0.3 is 4.74 Å². The van der Waals surface area contributed by atoms with Gasteiger partial charge in [-0.25, -0.2) is 0 Å². The third-order valence-electron chi connectivity index (χ3n) is 8.89. The van der Waals surface area contributed by atoms with Crippen LogP contribution in [-0.4, -0.2) is 30.6 Å². The van der Waals surface area contributed by atoms with Crippen LogP contribution in [0.3, 0.4) is 0 Å². The molecular formula is C40H46O4. The molecule has 1 fully saturated rings. The molecule has 0 spiro atoms. The molecular weight excluding hydrogens is 544 g/mol. The van der Waals surface area contributed by atoms with Gasteiger partial charge >= 0.3 is 0 Å². The fourth-order valence-corrected chi connectivity index (χ4v) is 5.99. The van der Waals surface area contributed by atoms with Gasteiger partial charge in [0.05, 0.1) is 5.57 Å². The van der Waals surface area contributed by atoms with Crippen LogP contribution in [0.4, 0.5) is 0 Å². The zero-order chi connectivity index (χ0) is 30.5. The zero-order valence-electron chi connectivity index (χ0n) is 25.5. The van der Waals surface area contributed by atoms with Gasteiger partial charge in [0, 0.05) is 38.5 Å². The minimum Gasteiger partial charge on any atom is -0.381 e. The highest BCUT2D eigenvalue weighted by Crippen LogP contribution is 2.29. The van der Waals surface area contributed by atoms with Crippen molar-refractivity contribution < 1.29 is 20.5 Å². The molecule has 230 valence electrons. The van der Waals surface area contributed by atoms with Gasteiger partial charge in [-0.2, -0.15) is 0 Å². The van der Waals surface area contributed by atoms with Crippen molar-refractivity contribution >= 4 is 22.9 Å². The Bertz CT molecular complexity index is 1640. The van der Waals surface area contributed by atoms with Crippen LogP contribution in [0.1, 0.15) is 77.4 Å². The second-order valence-corrected chi connectivity index (χ2v) is 11.9. The number of Topliss-reactive ketones (excluding diaryl/α,β-unsaturated/α-hetero) is 3. The van der Waals surface area contributed by atoms with Gasteiger partial charge in [0.1, 0.15) is 0 Å². The van der Waals surface area contributed by atoms with Gasteiger partial charge in [0.15, 0.2) is 17.3 Å². The van der Waals surface area contributed by atoms with Crippen LogP contribution in [0.25, 0.3) is 5.57 Å². The molecule has 0 saturated carbocycles. The summed E-state index contributed by atoms with van der Waals surface area (Å²) in [5.41, 5.74) is 9.34. The second kappa shape index (κ2) is 14.5. The largest absolute Gasteiger partial charge is 0.381 e. The van der Waals surface area contributed by atoms with E-state index in [4.69, 9.17) is 4.74 Å². The molecule has 3 aromatic carbocycles. The first-order valence-electron chi connectivity index (χ1n) is 15.2. The minimum absolute atomic E-state index is 0. The summed E-state index contributed by atoms with van der Waals surface area (Å²) in [5, 5.41) is 0. The molecule has 0 amide bonds. The number of carbonyl (C=O) groups is 3. The van der Waals surface area contributed by atoms with Gasteiger partial charge in [-0.15, -0.1) is 0 Å². The predicted molar refractivity (Wildman–Crippen MR) is 181 cm³/mol. The number of hydrogen-bond acceptors (Lipinski definition) is 4. The molecule has 1 saturated heterocycles. The summed E-state index contributed by atoms with van der Waals surface area (Å²) < 4.78 is 5.43. The first-order chi connectivity index (χ1) is 20.7. The molecule has 1 aliphatic carbocycles. The van der Waals surface area contributed by atoms with Crippen LogP contribution >= 0.6 is 0 Å². The van der Waals surface area contributed by atoms with E-state index in [1.54, 1.807) is 6.08 Å². The lowest BCUT2D eigenvalue weighted by atomic mass is 9.84. The van der Waals surface area contributed by atoms with E-state index >= 15 is 0 Å². The van der Waals surface area contributed by atoms with Gasteiger partial charge in [0.2, 0.25) is 0 Å². The number of carbonyl (C=O) groups excluding carboxylic acids is 3. The molecule has 0 radical (unpaired) electrons. The Balaban J connectivity index is 0.00000276. The standard InChI is InChI=1S/C39H40O4.CH4.H2/c1-25-11-13-30(21-27(25)3)23-33-9-6-10-35(39(33)42)37(40)16-14-29-7-5-8-32(22-29)28(4)36-24-34(15-12-26(36)2)38(41)31-17-19-43-20-18-31;;/h5-13,15,21-22,24,31,33H,4,14,16-20,23H2,1-3H3;1H4;1H. The lowest BCUT2D eigenvalue weighted by molar-refractivity contribution is -0.123. The van der Waals surface area contributed by atoms with E-state index in [1.807, 2.05) is 55.5 Å². The number of allylic oxidation sites excluding steroid dienone is 4. The Labute approximate surface area is 264 Å². The first-order valence-corrected chi connectivity index (χ1v) is 15.2. The molecule has 44 heavy (non-hydrogen) atoms. The van der Waals surface area contributed by atoms with Crippen LogP contribution in [0.2, 0.25) is 0 Å². The van der Waals surface area contributed by atoms with Crippen LogP contribution in [0, 0.1) is 32.6 Å². The van der Waals surface area contributed by atoms with Crippen LogP contribution in [0.15, 0.2) is 91.0 Å². The molecule has 3 aromatic rings. The van der Waals surface area contributed by atoms with Crippen LogP contribution in [-0.2, 0) is 27.2 Å². The molecule has 1 aliphatic heterocycles. The van der Waals surface area contributed by atoms with Gasteiger partial charge in [-0.05, 0) is 103 Å². The Morgan fingerprint density at radius 3 is 2.39 bits per heavy atom. The Hall–Kier alpha value is -4.15. The van der Waals surface area contributed by atoms with E-state index in [0.29, 0.717) is 37.2 Å². The van der Waals surface area contributed by atoms with Gasteiger partial charge in [-0.1, -0.05) is 80.8 Å². The highest BCUT2D eigenvalue weighted by atomic mass is 16.5. The maximum Gasteiger partial charge on any atom is 0.173 e. The van der Waals surface area contributed by atoms with Crippen molar-refractivity contribution in [2.24, 2.45) is 11.8 Å². The third kappa shape index (κ3) is 7.49. The van der Waals surface area contributed by atoms with E-state index in [0.717, 1.165) is 46.2 Å². The SMILES string of the molecule is C.C=C(c1cccc(CCC(=O)C2=CC=CC(Cc3ccc(C)c(C)c3)C2=O)c1)c1cc(C(=O)C2CCOCC2)ccc1C.[HH]. The number of hydrogen-bond donors (Lipinski definition) is 0. The lowest BCUT2D eigenvalue weighted by Crippen LogP contribution is -2.24. The first kappa shape index (κ1) is 32.8. The van der Waals surface area contributed by atoms with Crippen molar-refractivity contribution in [3.63, 3.8) is 0 Å². The monoisotopic (exact) mass is 590 g/mol. The highest BCUT2D eigenvalue weighted by molar-refractivity contribution is 6.22. The molecule has 2 aliphatic rings. The quantitative estimate of drug-likeness (QED) is 0.175. The van der Waals surface area contributed by atoms with Crippen molar-refractivity contribution in [2.75, 3.05) is 13.2 Å². The summed E-state index contributed by atoms with van der Waals surface area (Å²) in [7, 11) is 0. The molecule has 1 unspecified atom stereocenters. The predicted octanol–water partition coefficient (Wildman–Crippen LogP) is 8.59. The average molecular weight is 591 g/mol. The summed E-state index contributed by atoms with van der Waals surface area (Å²) in [5.74, 6) is -0.378. The average Bonchev–Trinajstić information content (AvgIpc) is 3.03. The smallest absolute Gasteiger partial charge is 0.173 e. The minimum atomic E-state index is -0.324. The Morgan fingerprint density at radius 1 is 0.886 bits per heavy atom. The maximum atomic E-state index is 13.3. The fraction of sp³-hybridized carbons (Fsp3) is 0.325. The topological polar surface area (TPSA) is 60.4 Å².